The van der Waals surface area contributed by atoms with E-state index in [1.165, 1.54) is 12.1 Å². The zero-order chi connectivity index (χ0) is 14.0. The minimum Gasteiger partial charge on any atom is -0.478 e. The summed E-state index contributed by atoms with van der Waals surface area (Å²) in [6.07, 6.45) is 0. The first kappa shape index (κ1) is 13.2. The van der Waals surface area contributed by atoms with E-state index in [4.69, 9.17) is 5.11 Å². The molecule has 0 bridgehead atoms. The van der Waals surface area contributed by atoms with Crippen LogP contribution < -0.4 is 0 Å². The molecule has 6 heteroatoms. The molecule has 0 saturated heterocycles. The van der Waals surface area contributed by atoms with Crippen molar-refractivity contribution in [2.45, 2.75) is 9.79 Å². The number of sulfone groups is 1. The van der Waals surface area contributed by atoms with Crippen molar-refractivity contribution in [2.75, 3.05) is 0 Å². The van der Waals surface area contributed by atoms with Crippen LogP contribution in [0.1, 0.15) is 10.4 Å². The maximum atomic E-state index is 13.5. The Morgan fingerprint density at radius 2 is 1.63 bits per heavy atom. The van der Waals surface area contributed by atoms with E-state index < -0.39 is 27.2 Å². The molecule has 98 valence electrons. The molecule has 0 saturated carbocycles. The Balaban J connectivity index is 2.54. The van der Waals surface area contributed by atoms with Crippen LogP contribution in [0, 0.1) is 5.82 Å². The summed E-state index contributed by atoms with van der Waals surface area (Å²) < 4.78 is 37.8. The van der Waals surface area contributed by atoms with E-state index >= 15 is 0 Å². The molecule has 0 aliphatic heterocycles. The average molecular weight is 280 g/mol. The normalized spacial score (nSPS) is 11.2. The van der Waals surface area contributed by atoms with Crippen LogP contribution in [-0.2, 0) is 9.84 Å². The van der Waals surface area contributed by atoms with Gasteiger partial charge in [-0.15, -0.1) is 0 Å². The fourth-order valence-electron chi connectivity index (χ4n) is 1.57. The van der Waals surface area contributed by atoms with Gasteiger partial charge in [0.2, 0.25) is 9.84 Å². The van der Waals surface area contributed by atoms with E-state index in [-0.39, 0.29) is 9.79 Å². The summed E-state index contributed by atoms with van der Waals surface area (Å²) in [5, 5.41) is 8.69. The first-order valence-corrected chi connectivity index (χ1v) is 6.74. The molecule has 0 fully saturated rings. The van der Waals surface area contributed by atoms with E-state index in [0.29, 0.717) is 6.07 Å². The highest BCUT2D eigenvalue weighted by Crippen LogP contribution is 2.22. The van der Waals surface area contributed by atoms with E-state index in [0.717, 1.165) is 12.1 Å². The second-order valence-electron chi connectivity index (χ2n) is 3.76. The van der Waals surface area contributed by atoms with Crippen LogP contribution in [0.4, 0.5) is 4.39 Å². The summed E-state index contributed by atoms with van der Waals surface area (Å²) in [5.41, 5.74) is -0.563. The van der Waals surface area contributed by atoms with Crippen molar-refractivity contribution in [2.24, 2.45) is 0 Å². The quantitative estimate of drug-likeness (QED) is 0.936. The SMILES string of the molecule is O=C(O)c1ccc(S(=O)(=O)c2ccccc2)cc1F. The number of hydrogen-bond acceptors (Lipinski definition) is 3. The summed E-state index contributed by atoms with van der Waals surface area (Å²) in [4.78, 5) is 10.4. The fraction of sp³-hybridized carbons (Fsp3) is 0. The molecule has 0 amide bonds. The molecule has 0 aliphatic rings. The average Bonchev–Trinajstić information content (AvgIpc) is 2.39. The number of hydrogen-bond donors (Lipinski definition) is 1. The summed E-state index contributed by atoms with van der Waals surface area (Å²) >= 11 is 0. The molecular formula is C13H9FO4S. The Hall–Kier alpha value is -2.21. The number of aromatic carboxylic acids is 1. The van der Waals surface area contributed by atoms with Crippen molar-refractivity contribution >= 4 is 15.8 Å². The zero-order valence-electron chi connectivity index (χ0n) is 9.58. The summed E-state index contributed by atoms with van der Waals surface area (Å²) in [6, 6.07) is 10.3. The van der Waals surface area contributed by atoms with Gasteiger partial charge in [0.25, 0.3) is 0 Å². The number of benzene rings is 2. The molecule has 0 aromatic heterocycles. The molecule has 2 rings (SSSR count). The highest BCUT2D eigenvalue weighted by molar-refractivity contribution is 7.91. The molecule has 0 atom stereocenters. The standard InChI is InChI=1S/C13H9FO4S/c14-12-8-10(6-7-11(12)13(15)16)19(17,18)9-4-2-1-3-5-9/h1-8H,(H,15,16). The molecule has 19 heavy (non-hydrogen) atoms. The first-order valence-electron chi connectivity index (χ1n) is 5.26. The molecule has 0 spiro atoms. The molecule has 4 nitrogen and oxygen atoms in total. The lowest BCUT2D eigenvalue weighted by Crippen LogP contribution is -2.05. The smallest absolute Gasteiger partial charge is 0.338 e. The van der Waals surface area contributed by atoms with Crippen molar-refractivity contribution in [3.05, 3.63) is 59.9 Å². The van der Waals surface area contributed by atoms with Gasteiger partial charge in [-0.05, 0) is 30.3 Å². The van der Waals surface area contributed by atoms with E-state index in [1.54, 1.807) is 18.2 Å². The lowest BCUT2D eigenvalue weighted by molar-refractivity contribution is 0.0691. The molecule has 2 aromatic rings. The van der Waals surface area contributed by atoms with Gasteiger partial charge in [0.1, 0.15) is 5.82 Å². The largest absolute Gasteiger partial charge is 0.478 e. The van der Waals surface area contributed by atoms with Crippen LogP contribution in [0.3, 0.4) is 0 Å². The maximum absolute atomic E-state index is 13.5. The Labute approximate surface area is 109 Å². The third-order valence-corrected chi connectivity index (χ3v) is 4.30. The topological polar surface area (TPSA) is 71.4 Å². The third kappa shape index (κ3) is 2.48. The number of carboxylic acids is 1. The predicted octanol–water partition coefficient (Wildman–Crippen LogP) is 2.36. The summed E-state index contributed by atoms with van der Waals surface area (Å²) in [7, 11) is -3.84. The van der Waals surface area contributed by atoms with Crippen LogP contribution in [0.2, 0.25) is 0 Å². The molecule has 0 aliphatic carbocycles. The number of carboxylic acid groups (broad SMARTS) is 1. The van der Waals surface area contributed by atoms with Crippen molar-refractivity contribution in [3.63, 3.8) is 0 Å². The van der Waals surface area contributed by atoms with Crippen molar-refractivity contribution in [1.82, 2.24) is 0 Å². The minimum atomic E-state index is -3.84. The van der Waals surface area contributed by atoms with Crippen LogP contribution in [-0.4, -0.2) is 19.5 Å². The van der Waals surface area contributed by atoms with E-state index in [1.807, 2.05) is 0 Å². The third-order valence-electron chi connectivity index (χ3n) is 2.53. The van der Waals surface area contributed by atoms with Gasteiger partial charge >= 0.3 is 5.97 Å². The lowest BCUT2D eigenvalue weighted by atomic mass is 10.2. The van der Waals surface area contributed by atoms with Crippen LogP contribution in [0.5, 0.6) is 0 Å². The van der Waals surface area contributed by atoms with E-state index in [9.17, 15) is 17.6 Å². The Kier molecular flexibility index (Phi) is 3.35. The summed E-state index contributed by atoms with van der Waals surface area (Å²) in [5.74, 6) is -2.52. The number of rotatable bonds is 3. The molecule has 0 radical (unpaired) electrons. The van der Waals surface area contributed by atoms with Crippen LogP contribution in [0.15, 0.2) is 58.3 Å². The van der Waals surface area contributed by atoms with Crippen molar-refractivity contribution in [3.8, 4) is 0 Å². The number of carbonyl (C=O) groups is 1. The second-order valence-corrected chi connectivity index (χ2v) is 5.71. The molecular weight excluding hydrogens is 271 g/mol. The Bertz CT molecular complexity index is 724. The van der Waals surface area contributed by atoms with Crippen LogP contribution >= 0.6 is 0 Å². The highest BCUT2D eigenvalue weighted by atomic mass is 32.2. The first-order chi connectivity index (χ1) is 8.93. The van der Waals surface area contributed by atoms with E-state index in [2.05, 4.69) is 0 Å². The van der Waals surface area contributed by atoms with Crippen LogP contribution in [0.25, 0.3) is 0 Å². The second kappa shape index (κ2) is 4.81. The number of halogens is 1. The molecule has 0 heterocycles. The Morgan fingerprint density at radius 1 is 1.00 bits per heavy atom. The highest BCUT2D eigenvalue weighted by Gasteiger charge is 2.20. The van der Waals surface area contributed by atoms with Gasteiger partial charge in [0, 0.05) is 0 Å². The summed E-state index contributed by atoms with van der Waals surface area (Å²) in [6.45, 7) is 0. The molecule has 2 aromatic carbocycles. The van der Waals surface area contributed by atoms with Gasteiger partial charge in [-0.25, -0.2) is 17.6 Å². The maximum Gasteiger partial charge on any atom is 0.338 e. The van der Waals surface area contributed by atoms with Gasteiger partial charge in [0.15, 0.2) is 0 Å². The predicted molar refractivity (Wildman–Crippen MR) is 65.3 cm³/mol. The Morgan fingerprint density at radius 3 is 2.16 bits per heavy atom. The van der Waals surface area contributed by atoms with Crippen molar-refractivity contribution in [1.29, 1.82) is 0 Å². The van der Waals surface area contributed by atoms with Gasteiger partial charge in [-0.1, -0.05) is 18.2 Å². The van der Waals surface area contributed by atoms with Gasteiger partial charge in [-0.2, -0.15) is 0 Å². The monoisotopic (exact) mass is 280 g/mol. The fourth-order valence-corrected chi connectivity index (χ4v) is 2.87. The lowest BCUT2D eigenvalue weighted by Gasteiger charge is -2.05. The minimum absolute atomic E-state index is 0.0254. The molecule has 1 N–H and O–H groups in total. The van der Waals surface area contributed by atoms with Gasteiger partial charge in [0.05, 0.1) is 15.4 Å². The van der Waals surface area contributed by atoms with Gasteiger partial charge < -0.3 is 5.11 Å². The van der Waals surface area contributed by atoms with Gasteiger partial charge in [-0.3, -0.25) is 0 Å². The van der Waals surface area contributed by atoms with Crippen molar-refractivity contribution < 1.29 is 22.7 Å². The zero-order valence-corrected chi connectivity index (χ0v) is 10.4. The molecule has 0 unspecified atom stereocenters.